The van der Waals surface area contributed by atoms with E-state index < -0.39 is 0 Å². The van der Waals surface area contributed by atoms with Crippen LogP contribution in [0.5, 0.6) is 0 Å². The first kappa shape index (κ1) is 13.5. The van der Waals surface area contributed by atoms with Gasteiger partial charge in [0.25, 0.3) is 0 Å². The maximum absolute atomic E-state index is 11.9. The Morgan fingerprint density at radius 1 is 1.53 bits per heavy atom. The molecule has 0 aliphatic carbocycles. The molecule has 0 atom stereocenters. The Kier molecular flexibility index (Phi) is 4.11. The highest BCUT2D eigenvalue weighted by Crippen LogP contribution is 2.30. The molecule has 2 N–H and O–H groups in total. The van der Waals surface area contributed by atoms with Gasteiger partial charge in [0.05, 0.1) is 12.2 Å². The predicted octanol–water partition coefficient (Wildman–Crippen LogP) is 2.33. The second-order valence-corrected chi connectivity index (χ2v) is 4.91. The van der Waals surface area contributed by atoms with E-state index in [0.29, 0.717) is 17.9 Å². The molecule has 1 heterocycles. The van der Waals surface area contributed by atoms with Gasteiger partial charge in [-0.3, -0.25) is 0 Å². The fourth-order valence-electron chi connectivity index (χ4n) is 1.55. The van der Waals surface area contributed by atoms with Crippen LogP contribution in [0.3, 0.4) is 0 Å². The number of nitrogens with two attached hydrogens (primary N) is 1. The van der Waals surface area contributed by atoms with Gasteiger partial charge in [-0.15, -0.1) is 0 Å². The van der Waals surface area contributed by atoms with Gasteiger partial charge in [0.2, 0.25) is 0 Å². The number of esters is 1. The first-order valence-electron chi connectivity index (χ1n) is 5.83. The maximum Gasteiger partial charge on any atom is 0.339 e. The molecule has 2 aromatic rings. The Hall–Kier alpha value is -1.95. The van der Waals surface area contributed by atoms with E-state index in [0.717, 1.165) is 10.1 Å². The Morgan fingerprint density at radius 2 is 2.32 bits per heavy atom. The van der Waals surface area contributed by atoms with Crippen molar-refractivity contribution in [2.24, 2.45) is 7.05 Å². The highest BCUT2D eigenvalue weighted by Gasteiger charge is 2.15. The van der Waals surface area contributed by atoms with E-state index in [1.807, 2.05) is 17.8 Å². The van der Waals surface area contributed by atoms with Crippen LogP contribution in [0.15, 0.2) is 40.6 Å². The summed E-state index contributed by atoms with van der Waals surface area (Å²) in [4.78, 5) is 16.9. The van der Waals surface area contributed by atoms with Crippen molar-refractivity contribution in [1.29, 1.82) is 0 Å². The standard InChI is InChI=1S/C13H15N3O2S/c1-3-18-12(17)10-8-9(14)4-5-11(10)19-13-15-6-7-16(13)2/h4-8H,3,14H2,1-2H3. The average Bonchev–Trinajstić information content (AvgIpc) is 2.77. The molecule has 19 heavy (non-hydrogen) atoms. The lowest BCUT2D eigenvalue weighted by Gasteiger charge is -2.09. The molecule has 0 fully saturated rings. The van der Waals surface area contributed by atoms with Crippen molar-refractivity contribution in [2.45, 2.75) is 17.0 Å². The van der Waals surface area contributed by atoms with E-state index in [4.69, 9.17) is 10.5 Å². The summed E-state index contributed by atoms with van der Waals surface area (Å²) in [5, 5.41) is 0.801. The molecule has 100 valence electrons. The second kappa shape index (κ2) is 5.79. The van der Waals surface area contributed by atoms with Crippen LogP contribution in [-0.4, -0.2) is 22.1 Å². The van der Waals surface area contributed by atoms with Crippen molar-refractivity contribution in [2.75, 3.05) is 12.3 Å². The van der Waals surface area contributed by atoms with E-state index in [1.165, 1.54) is 11.8 Å². The van der Waals surface area contributed by atoms with Crippen LogP contribution in [0, 0.1) is 0 Å². The molecule has 0 aliphatic heterocycles. The van der Waals surface area contributed by atoms with E-state index >= 15 is 0 Å². The summed E-state index contributed by atoms with van der Waals surface area (Å²) >= 11 is 1.41. The number of anilines is 1. The van der Waals surface area contributed by atoms with Crippen LogP contribution >= 0.6 is 11.8 Å². The lowest BCUT2D eigenvalue weighted by molar-refractivity contribution is 0.0522. The number of benzene rings is 1. The van der Waals surface area contributed by atoms with Crippen LogP contribution in [0.2, 0.25) is 0 Å². The van der Waals surface area contributed by atoms with E-state index in [-0.39, 0.29) is 5.97 Å². The van der Waals surface area contributed by atoms with Gasteiger partial charge in [-0.05, 0) is 25.1 Å². The number of carbonyl (C=O) groups is 1. The van der Waals surface area contributed by atoms with Crippen LogP contribution in [-0.2, 0) is 11.8 Å². The predicted molar refractivity (Wildman–Crippen MR) is 74.1 cm³/mol. The third-order valence-electron chi connectivity index (χ3n) is 2.48. The number of imidazole rings is 1. The van der Waals surface area contributed by atoms with Gasteiger partial charge in [0, 0.05) is 30.0 Å². The van der Waals surface area contributed by atoms with Gasteiger partial charge in [-0.1, -0.05) is 11.8 Å². The quantitative estimate of drug-likeness (QED) is 0.686. The number of ether oxygens (including phenoxy) is 1. The van der Waals surface area contributed by atoms with Crippen LogP contribution < -0.4 is 5.73 Å². The molecule has 0 radical (unpaired) electrons. The normalized spacial score (nSPS) is 10.4. The summed E-state index contributed by atoms with van der Waals surface area (Å²) < 4.78 is 6.92. The van der Waals surface area contributed by atoms with Crippen molar-refractivity contribution in [3.63, 3.8) is 0 Å². The van der Waals surface area contributed by atoms with Crippen molar-refractivity contribution in [1.82, 2.24) is 9.55 Å². The molecule has 0 saturated heterocycles. The summed E-state index contributed by atoms with van der Waals surface area (Å²) in [5.41, 5.74) is 6.73. The second-order valence-electron chi connectivity index (χ2n) is 3.90. The smallest absolute Gasteiger partial charge is 0.339 e. The first-order valence-corrected chi connectivity index (χ1v) is 6.65. The van der Waals surface area contributed by atoms with Crippen molar-refractivity contribution in [3.8, 4) is 0 Å². The molecule has 2 rings (SSSR count). The monoisotopic (exact) mass is 277 g/mol. The number of rotatable bonds is 4. The summed E-state index contributed by atoms with van der Waals surface area (Å²) in [6, 6.07) is 5.19. The molecule has 5 nitrogen and oxygen atoms in total. The first-order chi connectivity index (χ1) is 9.11. The van der Waals surface area contributed by atoms with Gasteiger partial charge >= 0.3 is 5.97 Å². The summed E-state index contributed by atoms with van der Waals surface area (Å²) in [6.07, 6.45) is 3.56. The fraction of sp³-hybridized carbons (Fsp3) is 0.231. The van der Waals surface area contributed by atoms with Gasteiger partial charge in [0.15, 0.2) is 5.16 Å². The zero-order valence-corrected chi connectivity index (χ0v) is 11.6. The molecule has 0 saturated carbocycles. The number of nitrogens with zero attached hydrogens (tertiary/aromatic N) is 2. The third kappa shape index (κ3) is 3.08. The molecular formula is C13H15N3O2S. The van der Waals surface area contributed by atoms with Gasteiger partial charge < -0.3 is 15.0 Å². The molecule has 0 amide bonds. The van der Waals surface area contributed by atoms with Crippen molar-refractivity contribution < 1.29 is 9.53 Å². The minimum atomic E-state index is -0.369. The maximum atomic E-state index is 11.9. The Balaban J connectivity index is 2.34. The zero-order valence-electron chi connectivity index (χ0n) is 10.8. The third-order valence-corrected chi connectivity index (χ3v) is 3.63. The number of hydrogen-bond acceptors (Lipinski definition) is 5. The number of aryl methyl sites for hydroxylation is 1. The highest BCUT2D eigenvalue weighted by molar-refractivity contribution is 7.99. The number of nitrogen functional groups attached to an aromatic ring is 1. The molecule has 0 aliphatic rings. The number of aromatic nitrogens is 2. The Bertz CT molecular complexity index is 595. The molecule has 0 bridgehead atoms. The van der Waals surface area contributed by atoms with E-state index in [2.05, 4.69) is 4.98 Å². The van der Waals surface area contributed by atoms with E-state index in [9.17, 15) is 4.79 Å². The lowest BCUT2D eigenvalue weighted by atomic mass is 10.2. The van der Waals surface area contributed by atoms with Crippen LogP contribution in [0.4, 0.5) is 5.69 Å². The minimum absolute atomic E-state index is 0.333. The molecule has 0 unspecified atom stereocenters. The van der Waals surface area contributed by atoms with Gasteiger partial charge in [-0.2, -0.15) is 0 Å². The van der Waals surface area contributed by atoms with Gasteiger partial charge in [0.1, 0.15) is 0 Å². The van der Waals surface area contributed by atoms with E-state index in [1.54, 1.807) is 31.3 Å². The Labute approximate surface area is 115 Å². The molecule has 1 aromatic heterocycles. The SMILES string of the molecule is CCOC(=O)c1cc(N)ccc1Sc1nccn1C. The summed E-state index contributed by atoms with van der Waals surface area (Å²) in [6.45, 7) is 2.11. The van der Waals surface area contributed by atoms with Crippen molar-refractivity contribution >= 4 is 23.4 Å². The number of carbonyl (C=O) groups excluding carboxylic acids is 1. The molecule has 1 aromatic carbocycles. The summed E-state index contributed by atoms with van der Waals surface area (Å²) in [5.74, 6) is -0.369. The number of hydrogen-bond donors (Lipinski definition) is 1. The lowest BCUT2D eigenvalue weighted by Crippen LogP contribution is -2.07. The average molecular weight is 277 g/mol. The van der Waals surface area contributed by atoms with Crippen molar-refractivity contribution in [3.05, 3.63) is 36.2 Å². The van der Waals surface area contributed by atoms with Crippen LogP contribution in [0.1, 0.15) is 17.3 Å². The largest absolute Gasteiger partial charge is 0.462 e. The zero-order chi connectivity index (χ0) is 13.8. The van der Waals surface area contributed by atoms with Gasteiger partial charge in [-0.25, -0.2) is 9.78 Å². The summed E-state index contributed by atoms with van der Waals surface area (Å²) in [7, 11) is 1.90. The topological polar surface area (TPSA) is 70.1 Å². The molecule has 0 spiro atoms. The highest BCUT2D eigenvalue weighted by atomic mass is 32.2. The van der Waals surface area contributed by atoms with Crippen LogP contribution in [0.25, 0.3) is 0 Å². The fourth-order valence-corrected chi connectivity index (χ4v) is 2.46. The Morgan fingerprint density at radius 3 is 2.95 bits per heavy atom. The molecular weight excluding hydrogens is 262 g/mol. The molecule has 6 heteroatoms. The minimum Gasteiger partial charge on any atom is -0.462 e.